The topological polar surface area (TPSA) is 40.5 Å². The third-order valence-corrected chi connectivity index (χ3v) is 9.06. The van der Waals surface area contributed by atoms with Crippen LogP contribution in [-0.2, 0) is 19.2 Å². The Morgan fingerprint density at radius 1 is 1.09 bits per heavy atom. The first-order valence-electron chi connectivity index (χ1n) is 12.5. The van der Waals surface area contributed by atoms with Crippen molar-refractivity contribution < 1.29 is 4.79 Å². The van der Waals surface area contributed by atoms with Crippen molar-refractivity contribution in [3.63, 3.8) is 0 Å². The van der Waals surface area contributed by atoms with Gasteiger partial charge in [-0.3, -0.25) is 0 Å². The molecule has 0 bridgehead atoms. The maximum Gasteiger partial charge on any atom is 0.317 e. The molecule has 1 aromatic heterocycles. The molecule has 6 heteroatoms. The molecule has 0 radical (unpaired) electrons. The summed E-state index contributed by atoms with van der Waals surface area (Å²) in [5.41, 5.74) is 5.66. The van der Waals surface area contributed by atoms with E-state index in [1.165, 1.54) is 32.6 Å². The zero-order valence-corrected chi connectivity index (χ0v) is 21.6. The van der Waals surface area contributed by atoms with Gasteiger partial charge in [0.1, 0.15) is 0 Å². The van der Waals surface area contributed by atoms with Crippen molar-refractivity contribution in [1.82, 2.24) is 19.7 Å². The van der Waals surface area contributed by atoms with Gasteiger partial charge in [-0.25, -0.2) is 4.79 Å². The summed E-state index contributed by atoms with van der Waals surface area (Å²) >= 11 is 1.96. The quantitative estimate of drug-likeness (QED) is 0.495. The normalized spacial score (nSPS) is 21.9. The summed E-state index contributed by atoms with van der Waals surface area (Å²) < 4.78 is 2.40. The van der Waals surface area contributed by atoms with E-state index < -0.39 is 0 Å². The molecule has 5 nitrogen and oxygen atoms in total. The Morgan fingerprint density at radius 2 is 1.85 bits per heavy atom. The van der Waals surface area contributed by atoms with Crippen molar-refractivity contribution in [1.29, 1.82) is 0 Å². The number of piperidine rings is 1. The van der Waals surface area contributed by atoms with Crippen LogP contribution >= 0.6 is 11.8 Å². The number of amides is 2. The second kappa shape index (κ2) is 9.67. The van der Waals surface area contributed by atoms with E-state index in [4.69, 9.17) is 0 Å². The molecule has 2 amide bonds. The number of aryl methyl sites for hydroxylation is 1. The number of rotatable bonds is 6. The average Bonchev–Trinajstić information content (AvgIpc) is 3.12. The molecular formula is C28H36N4OS. The van der Waals surface area contributed by atoms with Gasteiger partial charge < -0.3 is 19.7 Å². The molecule has 1 fully saturated rings. The molecule has 3 aromatic rings. The Morgan fingerprint density at radius 3 is 2.59 bits per heavy atom. The van der Waals surface area contributed by atoms with E-state index in [-0.39, 0.29) is 12.1 Å². The van der Waals surface area contributed by atoms with Crippen LogP contribution in [0.25, 0.3) is 10.9 Å². The minimum Gasteiger partial charge on any atom is -0.339 e. The largest absolute Gasteiger partial charge is 0.339 e. The molecule has 180 valence electrons. The highest BCUT2D eigenvalue weighted by Gasteiger charge is 2.41. The number of aromatic nitrogens is 1. The van der Waals surface area contributed by atoms with Crippen molar-refractivity contribution in [3.05, 3.63) is 65.2 Å². The highest BCUT2D eigenvalue weighted by atomic mass is 32.2. The lowest BCUT2D eigenvalue weighted by Gasteiger charge is -2.46. The standard InChI is InChI=1S/C28H36N4OS/c1-5-32(6-2)28(33)29-20-15-22-21-13-10-14-24-26(21)23(16-25(22)30(3)17-20)27(31(24)4)34-18-19-11-8-7-9-12-19/h7-14,20,22,25H,5-6,15-18H2,1-4H3,(H,29,33)/t20-,22?,25+/m0/s1. The maximum absolute atomic E-state index is 12.8. The van der Waals surface area contributed by atoms with Crippen LogP contribution in [0.1, 0.15) is 42.9 Å². The van der Waals surface area contributed by atoms with E-state index in [1.54, 1.807) is 0 Å². The lowest BCUT2D eigenvalue weighted by Crippen LogP contribution is -2.56. The van der Waals surface area contributed by atoms with Crippen LogP contribution in [0.5, 0.6) is 0 Å². The number of fused-ring (bicyclic) bond motifs is 2. The Bertz CT molecular complexity index is 1170. The summed E-state index contributed by atoms with van der Waals surface area (Å²) in [5, 5.41) is 6.18. The number of carbonyl (C=O) groups excluding carboxylic acids is 1. The van der Waals surface area contributed by atoms with E-state index in [1.807, 2.05) is 30.5 Å². The van der Waals surface area contributed by atoms with Crippen LogP contribution < -0.4 is 5.32 Å². The molecule has 1 saturated heterocycles. The monoisotopic (exact) mass is 476 g/mol. The molecule has 2 aromatic carbocycles. The lowest BCUT2D eigenvalue weighted by molar-refractivity contribution is 0.123. The molecule has 1 N–H and O–H groups in total. The van der Waals surface area contributed by atoms with Crippen molar-refractivity contribution >= 4 is 28.7 Å². The third-order valence-electron chi connectivity index (χ3n) is 7.79. The number of urea groups is 1. The first kappa shape index (κ1) is 23.3. The fraction of sp³-hybridized carbons (Fsp3) is 0.464. The van der Waals surface area contributed by atoms with Crippen molar-refractivity contribution in [3.8, 4) is 0 Å². The van der Waals surface area contributed by atoms with E-state index in [9.17, 15) is 4.79 Å². The van der Waals surface area contributed by atoms with Crippen molar-refractivity contribution in [2.45, 2.75) is 55.5 Å². The van der Waals surface area contributed by atoms with E-state index in [2.05, 4.69) is 77.4 Å². The van der Waals surface area contributed by atoms with Gasteiger partial charge in [-0.05, 0) is 56.5 Å². The first-order valence-corrected chi connectivity index (χ1v) is 13.5. The van der Waals surface area contributed by atoms with Crippen LogP contribution in [0.4, 0.5) is 4.79 Å². The summed E-state index contributed by atoms with van der Waals surface area (Å²) in [4.78, 5) is 17.1. The van der Waals surface area contributed by atoms with Crippen LogP contribution in [0.3, 0.4) is 0 Å². The third kappa shape index (κ3) is 4.11. The Labute approximate surface area is 207 Å². The molecular weight excluding hydrogens is 440 g/mol. The molecule has 1 aliphatic heterocycles. The molecule has 3 atom stereocenters. The first-order chi connectivity index (χ1) is 16.5. The van der Waals surface area contributed by atoms with Gasteiger partial charge in [0.05, 0.1) is 5.03 Å². The highest BCUT2D eigenvalue weighted by Crippen LogP contribution is 2.47. The summed E-state index contributed by atoms with van der Waals surface area (Å²) in [6, 6.07) is 18.3. The zero-order valence-electron chi connectivity index (χ0n) is 20.8. The van der Waals surface area contributed by atoms with Gasteiger partial charge in [-0.2, -0.15) is 0 Å². The van der Waals surface area contributed by atoms with E-state index in [0.29, 0.717) is 12.0 Å². The molecule has 1 aliphatic carbocycles. The number of likely N-dealkylation sites (tertiary alicyclic amines) is 1. The molecule has 2 aliphatic rings. The van der Waals surface area contributed by atoms with Crippen LogP contribution in [-0.4, -0.2) is 59.2 Å². The smallest absolute Gasteiger partial charge is 0.317 e. The van der Waals surface area contributed by atoms with Crippen molar-refractivity contribution in [2.75, 3.05) is 26.7 Å². The van der Waals surface area contributed by atoms with Gasteiger partial charge >= 0.3 is 6.03 Å². The molecule has 5 rings (SSSR count). The Hall–Kier alpha value is -2.44. The average molecular weight is 477 g/mol. The van der Waals surface area contributed by atoms with Crippen LogP contribution in [0.15, 0.2) is 53.6 Å². The SMILES string of the molecule is CCN(CC)C(=O)N[C@H]1CC2c3cccc4c3c(c(SCc3ccccc3)n4C)C[C@H]2N(C)C1. The van der Waals surface area contributed by atoms with Gasteiger partial charge in [-0.1, -0.05) is 42.5 Å². The summed E-state index contributed by atoms with van der Waals surface area (Å²) in [7, 11) is 4.45. The van der Waals surface area contributed by atoms with Gasteiger partial charge in [-0.15, -0.1) is 11.8 Å². The maximum atomic E-state index is 12.8. The number of nitrogens with one attached hydrogen (secondary N) is 1. The number of carbonyl (C=O) groups is 1. The van der Waals surface area contributed by atoms with Crippen molar-refractivity contribution in [2.24, 2.45) is 7.05 Å². The van der Waals surface area contributed by atoms with Gasteiger partial charge in [0.2, 0.25) is 0 Å². The van der Waals surface area contributed by atoms with Gasteiger partial charge in [0.25, 0.3) is 0 Å². The number of likely N-dealkylation sites (N-methyl/N-ethyl adjacent to an activating group) is 1. The summed E-state index contributed by atoms with van der Waals surface area (Å²) in [6.07, 6.45) is 2.07. The Kier molecular flexibility index (Phi) is 6.63. The molecule has 0 saturated carbocycles. The lowest BCUT2D eigenvalue weighted by atomic mass is 9.74. The molecule has 2 heterocycles. The fourth-order valence-electron chi connectivity index (χ4n) is 6.04. The second-order valence-corrected chi connectivity index (χ2v) is 10.7. The number of hydrogen-bond donors (Lipinski definition) is 1. The highest BCUT2D eigenvalue weighted by molar-refractivity contribution is 7.98. The number of benzene rings is 2. The minimum absolute atomic E-state index is 0.0656. The molecule has 1 unspecified atom stereocenters. The summed E-state index contributed by atoms with van der Waals surface area (Å²) in [6.45, 7) is 6.47. The number of thioether (sulfide) groups is 1. The Balaban J connectivity index is 1.45. The summed E-state index contributed by atoms with van der Waals surface area (Å²) in [5.74, 6) is 1.42. The number of nitrogens with zero attached hydrogens (tertiary/aromatic N) is 3. The second-order valence-electron chi connectivity index (χ2n) is 9.73. The fourth-order valence-corrected chi connectivity index (χ4v) is 7.19. The molecule has 34 heavy (non-hydrogen) atoms. The van der Waals surface area contributed by atoms with Crippen LogP contribution in [0.2, 0.25) is 0 Å². The van der Waals surface area contributed by atoms with E-state index in [0.717, 1.165) is 38.2 Å². The molecule has 0 spiro atoms. The van der Waals surface area contributed by atoms with E-state index >= 15 is 0 Å². The van der Waals surface area contributed by atoms with Crippen LogP contribution in [0, 0.1) is 0 Å². The van der Waals surface area contributed by atoms with Gasteiger partial charge in [0, 0.05) is 61.3 Å². The predicted octanol–water partition coefficient (Wildman–Crippen LogP) is 5.23. The number of hydrogen-bond acceptors (Lipinski definition) is 3. The predicted molar refractivity (Wildman–Crippen MR) is 142 cm³/mol. The minimum atomic E-state index is 0.0656. The van der Waals surface area contributed by atoms with Gasteiger partial charge in [0.15, 0.2) is 0 Å². The zero-order chi connectivity index (χ0) is 23.8.